The van der Waals surface area contributed by atoms with E-state index in [1.165, 1.54) is 17.9 Å². The Morgan fingerprint density at radius 2 is 1.86 bits per heavy atom. The Morgan fingerprint density at radius 1 is 1.12 bits per heavy atom. The fourth-order valence-corrected chi connectivity index (χ4v) is 6.35. The van der Waals surface area contributed by atoms with Gasteiger partial charge in [0.15, 0.2) is 11.5 Å². The van der Waals surface area contributed by atoms with Gasteiger partial charge in [-0.1, -0.05) is 34.1 Å². The van der Waals surface area contributed by atoms with Crippen LogP contribution in [0, 0.1) is 23.1 Å². The molecule has 1 aliphatic carbocycles. The minimum absolute atomic E-state index is 0.0501. The number of aromatic nitrogens is 2. The number of nitrogens with one attached hydrogen (secondary N) is 1. The second-order valence-electron chi connectivity index (χ2n) is 13.1. The van der Waals surface area contributed by atoms with Crippen LogP contribution < -0.4 is 10.1 Å². The van der Waals surface area contributed by atoms with E-state index in [-0.39, 0.29) is 41.8 Å². The van der Waals surface area contributed by atoms with E-state index in [1.54, 1.807) is 20.8 Å². The highest BCUT2D eigenvalue weighted by Gasteiger charge is 2.51. The summed E-state index contributed by atoms with van der Waals surface area (Å²) in [6.45, 7) is 8.46. The maximum absolute atomic E-state index is 15.8. The molecular weight excluding hydrogens is 565 g/mol. The van der Waals surface area contributed by atoms with Gasteiger partial charge in [-0.15, -0.1) is 0 Å². The van der Waals surface area contributed by atoms with Crippen molar-refractivity contribution in [2.75, 3.05) is 6.54 Å². The SMILES string of the molecule is CCC1C2CN(C(=O)C(C(C)(C)C)NC(=O)OC3CC3CCCCC(F)(F)c3nc4ccc(F)cc4nc3O2)C1C(C)=O. The average molecular weight is 605 g/mol. The molecule has 43 heavy (non-hydrogen) atoms. The molecule has 234 valence electrons. The quantitative estimate of drug-likeness (QED) is 0.480. The Kier molecular flexibility index (Phi) is 8.34. The van der Waals surface area contributed by atoms with Crippen molar-refractivity contribution in [3.8, 4) is 5.88 Å². The lowest BCUT2D eigenvalue weighted by atomic mass is 9.85. The van der Waals surface area contributed by atoms with Gasteiger partial charge >= 0.3 is 6.09 Å². The van der Waals surface area contributed by atoms with Crippen molar-refractivity contribution in [2.24, 2.45) is 17.3 Å². The van der Waals surface area contributed by atoms with E-state index < -0.39 is 71.3 Å². The number of hydrogen-bond acceptors (Lipinski definition) is 7. The van der Waals surface area contributed by atoms with Crippen molar-refractivity contribution in [1.29, 1.82) is 0 Å². The summed E-state index contributed by atoms with van der Waals surface area (Å²) in [5.74, 6) is -5.76. The van der Waals surface area contributed by atoms with Gasteiger partial charge in [-0.3, -0.25) is 9.59 Å². The summed E-state index contributed by atoms with van der Waals surface area (Å²) in [5, 5.41) is 2.73. The minimum atomic E-state index is -3.41. The van der Waals surface area contributed by atoms with Crippen molar-refractivity contribution < 1.29 is 37.0 Å². The zero-order valence-corrected chi connectivity index (χ0v) is 25.2. The fraction of sp³-hybridized carbons (Fsp3) is 0.645. The topological polar surface area (TPSA) is 111 Å². The van der Waals surface area contributed by atoms with Crippen molar-refractivity contribution >= 4 is 28.8 Å². The van der Waals surface area contributed by atoms with Gasteiger partial charge in [0.1, 0.15) is 24.1 Å². The summed E-state index contributed by atoms with van der Waals surface area (Å²) in [6.07, 6.45) is -0.177. The molecule has 2 aromatic rings. The molecule has 12 heteroatoms. The molecule has 3 aliphatic rings. The predicted octanol–water partition coefficient (Wildman–Crippen LogP) is 5.54. The molecule has 2 amide bonds. The van der Waals surface area contributed by atoms with Crippen LogP contribution in [0.1, 0.15) is 78.8 Å². The molecule has 1 N–H and O–H groups in total. The maximum Gasteiger partial charge on any atom is 0.408 e. The van der Waals surface area contributed by atoms with Crippen LogP contribution in [0.15, 0.2) is 18.2 Å². The van der Waals surface area contributed by atoms with Gasteiger partial charge in [0.05, 0.1) is 23.6 Å². The predicted molar refractivity (Wildman–Crippen MR) is 151 cm³/mol. The Labute approximate surface area is 248 Å². The lowest BCUT2D eigenvalue weighted by Crippen LogP contribution is -2.57. The van der Waals surface area contributed by atoms with E-state index in [2.05, 4.69) is 15.3 Å². The van der Waals surface area contributed by atoms with Crippen LogP contribution in [0.4, 0.5) is 18.0 Å². The number of halogens is 3. The molecule has 2 fully saturated rings. The first-order chi connectivity index (χ1) is 20.2. The molecule has 6 unspecified atom stereocenters. The van der Waals surface area contributed by atoms with Crippen LogP contribution in [0.25, 0.3) is 11.0 Å². The molecular formula is C31H39F3N4O5. The number of carbonyl (C=O) groups excluding carboxylic acids is 3. The van der Waals surface area contributed by atoms with Crippen molar-refractivity contribution in [3.05, 3.63) is 29.7 Å². The Morgan fingerprint density at radius 3 is 2.53 bits per heavy atom. The number of amides is 2. The number of alkyl carbamates (subject to hydrolysis) is 1. The lowest BCUT2D eigenvalue weighted by Gasteiger charge is -2.35. The molecule has 3 heterocycles. The first-order valence-corrected chi connectivity index (χ1v) is 15.0. The van der Waals surface area contributed by atoms with Crippen molar-refractivity contribution in [1.82, 2.24) is 20.2 Å². The number of rotatable bonds is 2. The zero-order valence-electron chi connectivity index (χ0n) is 25.2. The van der Waals surface area contributed by atoms with Gasteiger partial charge < -0.3 is 19.7 Å². The van der Waals surface area contributed by atoms with Gasteiger partial charge in [-0.2, -0.15) is 8.78 Å². The summed E-state index contributed by atoms with van der Waals surface area (Å²) in [4.78, 5) is 49.8. The molecule has 1 saturated heterocycles. The zero-order chi connectivity index (χ0) is 31.3. The fourth-order valence-electron chi connectivity index (χ4n) is 6.35. The minimum Gasteiger partial charge on any atom is -0.471 e. The van der Waals surface area contributed by atoms with E-state index in [4.69, 9.17) is 9.47 Å². The Hall–Kier alpha value is -3.44. The van der Waals surface area contributed by atoms with Gasteiger partial charge in [0.2, 0.25) is 11.8 Å². The highest BCUT2D eigenvalue weighted by atomic mass is 19.3. The van der Waals surface area contributed by atoms with Crippen LogP contribution >= 0.6 is 0 Å². The number of benzene rings is 1. The number of alkyl halides is 2. The van der Waals surface area contributed by atoms with E-state index in [1.807, 2.05) is 6.92 Å². The molecule has 5 rings (SSSR count). The highest BCUT2D eigenvalue weighted by Crippen LogP contribution is 2.43. The molecule has 0 radical (unpaired) electrons. The smallest absolute Gasteiger partial charge is 0.408 e. The van der Waals surface area contributed by atoms with Crippen molar-refractivity contribution in [2.45, 2.75) is 103 Å². The van der Waals surface area contributed by atoms with Gasteiger partial charge in [0.25, 0.3) is 5.92 Å². The summed E-state index contributed by atoms with van der Waals surface area (Å²) < 4.78 is 57.4. The normalized spacial score (nSPS) is 29.8. The molecule has 6 atom stereocenters. The summed E-state index contributed by atoms with van der Waals surface area (Å²) in [5.41, 5.74) is -1.25. The number of hydrogen-bond donors (Lipinski definition) is 1. The number of ether oxygens (including phenoxy) is 2. The molecule has 1 saturated carbocycles. The summed E-state index contributed by atoms with van der Waals surface area (Å²) in [7, 11) is 0. The van der Waals surface area contributed by atoms with E-state index in [0.717, 1.165) is 12.1 Å². The number of ketones is 1. The molecule has 1 aromatic carbocycles. The van der Waals surface area contributed by atoms with Gasteiger partial charge in [0, 0.05) is 18.4 Å². The van der Waals surface area contributed by atoms with Crippen LogP contribution in [0.3, 0.4) is 0 Å². The van der Waals surface area contributed by atoms with Crippen LogP contribution in [-0.4, -0.2) is 63.5 Å². The molecule has 2 bridgehead atoms. The third-order valence-electron chi connectivity index (χ3n) is 8.78. The van der Waals surface area contributed by atoms with Crippen LogP contribution in [0.5, 0.6) is 5.88 Å². The van der Waals surface area contributed by atoms with E-state index in [0.29, 0.717) is 25.7 Å². The van der Waals surface area contributed by atoms with Crippen LogP contribution in [-0.2, 0) is 20.2 Å². The van der Waals surface area contributed by atoms with Gasteiger partial charge in [-0.25, -0.2) is 19.2 Å². The van der Waals surface area contributed by atoms with E-state index >= 15 is 8.78 Å². The Balaban J connectivity index is 1.59. The molecule has 0 spiro atoms. The standard InChI is InChI=1S/C31H39F3N4O5/c1-6-19-23-15-38(24(19)16(2)39)28(40)26(30(3,4)5)37-29(41)43-22-13-17(22)9-7-8-12-31(33,34)25-27(42-23)36-21-14-18(32)10-11-20(21)35-25/h10-11,14,17,19,22-24,26H,6-9,12-13,15H2,1-5H3,(H,37,41). The summed E-state index contributed by atoms with van der Waals surface area (Å²) >= 11 is 0. The Bertz CT molecular complexity index is 1410. The number of nitrogens with zero attached hydrogens (tertiary/aromatic N) is 3. The monoisotopic (exact) mass is 604 g/mol. The molecule has 2 aliphatic heterocycles. The second-order valence-corrected chi connectivity index (χ2v) is 13.1. The molecule has 9 nitrogen and oxygen atoms in total. The molecule has 1 aromatic heterocycles. The maximum atomic E-state index is 15.8. The summed E-state index contributed by atoms with van der Waals surface area (Å²) in [6, 6.07) is 1.57. The van der Waals surface area contributed by atoms with Crippen LogP contribution in [0.2, 0.25) is 0 Å². The largest absolute Gasteiger partial charge is 0.471 e. The third kappa shape index (κ3) is 6.43. The lowest BCUT2D eigenvalue weighted by molar-refractivity contribution is -0.141. The van der Waals surface area contributed by atoms with Gasteiger partial charge in [-0.05, 0) is 56.1 Å². The third-order valence-corrected chi connectivity index (χ3v) is 8.78. The number of Topliss-reactive ketones (excluding diaryl/α,β-unsaturated/α-hetero) is 1. The highest BCUT2D eigenvalue weighted by molar-refractivity contribution is 5.92. The van der Waals surface area contributed by atoms with E-state index in [9.17, 15) is 18.8 Å². The number of carbonyl (C=O) groups is 3. The first kappa shape index (κ1) is 31.0. The number of fused-ring (bicyclic) bond motifs is 5. The van der Waals surface area contributed by atoms with Crippen molar-refractivity contribution in [3.63, 3.8) is 0 Å². The first-order valence-electron chi connectivity index (χ1n) is 15.0. The average Bonchev–Trinajstić information content (AvgIpc) is 3.54. The second kappa shape index (κ2) is 11.6.